The predicted octanol–water partition coefficient (Wildman–Crippen LogP) is 7.48. The van der Waals surface area contributed by atoms with Crippen molar-refractivity contribution in [1.82, 2.24) is 0 Å². The Morgan fingerprint density at radius 2 is 1.38 bits per heavy atom. The van der Waals surface area contributed by atoms with Gasteiger partial charge in [0, 0.05) is 19.6 Å². The number of aliphatic hydroxyl groups is 1. The fraction of sp³-hybridized carbons (Fsp3) is 0.500. The molecular weight excluding hydrogens is 608 g/mol. The van der Waals surface area contributed by atoms with Crippen molar-refractivity contribution in [1.29, 1.82) is 0 Å². The van der Waals surface area contributed by atoms with E-state index in [1.807, 2.05) is 98.8 Å². The van der Waals surface area contributed by atoms with Crippen LogP contribution in [-0.2, 0) is 48.2 Å². The van der Waals surface area contributed by atoms with Crippen LogP contribution >= 0.6 is 0 Å². The van der Waals surface area contributed by atoms with Crippen LogP contribution in [0.5, 0.6) is 5.75 Å². The first-order valence-corrected chi connectivity index (χ1v) is 17.0. The molecule has 1 aliphatic rings. The number of hydrogen-bond acceptors (Lipinski definition) is 8. The fourth-order valence-electron chi connectivity index (χ4n) is 6.16. The molecule has 0 unspecified atom stereocenters. The van der Waals surface area contributed by atoms with Crippen molar-refractivity contribution in [3.8, 4) is 5.75 Å². The summed E-state index contributed by atoms with van der Waals surface area (Å²) in [5.74, 6) is 0.923. The van der Waals surface area contributed by atoms with Gasteiger partial charge in [0.2, 0.25) is 0 Å². The Kier molecular flexibility index (Phi) is 16.6. The molecule has 8 heteroatoms. The zero-order valence-corrected chi connectivity index (χ0v) is 29.0. The van der Waals surface area contributed by atoms with Gasteiger partial charge in [-0.25, -0.2) is 0 Å². The third-order valence-electron chi connectivity index (χ3n) is 9.05. The van der Waals surface area contributed by atoms with E-state index in [4.69, 9.17) is 33.2 Å². The van der Waals surface area contributed by atoms with Crippen LogP contribution in [0.25, 0.3) is 0 Å². The van der Waals surface area contributed by atoms with Gasteiger partial charge in [-0.1, -0.05) is 85.8 Å². The Bertz CT molecular complexity index is 1300. The Balaban J connectivity index is 1.27. The summed E-state index contributed by atoms with van der Waals surface area (Å²) in [5, 5.41) is 11.5. The zero-order valence-electron chi connectivity index (χ0n) is 29.0. The first-order chi connectivity index (χ1) is 23.5. The van der Waals surface area contributed by atoms with E-state index < -0.39 is 6.10 Å². The van der Waals surface area contributed by atoms with Crippen molar-refractivity contribution in [2.45, 2.75) is 83.8 Å². The molecule has 4 rings (SSSR count). The van der Waals surface area contributed by atoms with E-state index in [0.29, 0.717) is 32.8 Å². The van der Waals surface area contributed by atoms with Gasteiger partial charge in [-0.05, 0) is 72.9 Å². The quantitative estimate of drug-likeness (QED) is 0.0714. The van der Waals surface area contributed by atoms with E-state index in [1.165, 1.54) is 0 Å². The molecule has 3 aromatic rings. The lowest BCUT2D eigenvalue weighted by Crippen LogP contribution is -2.38. The second kappa shape index (κ2) is 21.1. The van der Waals surface area contributed by atoms with E-state index >= 15 is 0 Å². The largest absolute Gasteiger partial charge is 0.497 e. The molecule has 0 heterocycles. The maximum absolute atomic E-state index is 11.5. The molecule has 0 bridgehead atoms. The standard InChI is InChI=1S/C40H54O8/c1-30(23-35-17-20-38(39(24-35)43-4)48-29-46-27-33-13-9-6-10-14-33)40(41)31(2)37(47-28-45-26-32-11-7-5-8-12-32)21-22-44-25-34-15-18-36(42-3)19-16-34/h5-16,18-19,23,31,35,37-41H,17,20-22,24-29H2,1-4H3/b30-23+/t31-,35-,37-,38+,39+,40-/m0/s1. The van der Waals surface area contributed by atoms with Crippen LogP contribution in [0.2, 0.25) is 0 Å². The number of methoxy groups -OCH3 is 2. The SMILES string of the molecule is COc1ccc(COCC[C@H](OCOCc2ccccc2)[C@H](C)[C@@H](O)/C(C)=C/[C@@H]2CC[C@@H](OCOCc3ccccc3)[C@H](OC)C2)cc1. The summed E-state index contributed by atoms with van der Waals surface area (Å²) in [7, 11) is 3.39. The van der Waals surface area contributed by atoms with Gasteiger partial charge in [-0.15, -0.1) is 0 Å². The summed E-state index contributed by atoms with van der Waals surface area (Å²) < 4.78 is 41.0. The molecule has 1 aliphatic carbocycles. The molecule has 0 aliphatic heterocycles. The van der Waals surface area contributed by atoms with E-state index in [0.717, 1.165) is 47.3 Å². The second-order valence-electron chi connectivity index (χ2n) is 12.6. The maximum Gasteiger partial charge on any atom is 0.147 e. The topological polar surface area (TPSA) is 84.8 Å². The summed E-state index contributed by atoms with van der Waals surface area (Å²) in [6.07, 6.45) is 4.47. The summed E-state index contributed by atoms with van der Waals surface area (Å²) in [6, 6.07) is 28.0. The smallest absolute Gasteiger partial charge is 0.147 e. The van der Waals surface area contributed by atoms with Crippen LogP contribution < -0.4 is 4.74 Å². The van der Waals surface area contributed by atoms with Gasteiger partial charge in [0.15, 0.2) is 0 Å². The van der Waals surface area contributed by atoms with E-state index in [-0.39, 0.29) is 43.7 Å². The lowest BCUT2D eigenvalue weighted by Gasteiger charge is -2.35. The summed E-state index contributed by atoms with van der Waals surface area (Å²) in [5.41, 5.74) is 4.21. The maximum atomic E-state index is 11.5. The van der Waals surface area contributed by atoms with Crippen molar-refractivity contribution in [2.75, 3.05) is 34.4 Å². The number of rotatable bonds is 21. The molecule has 0 radical (unpaired) electrons. The Labute approximate surface area is 286 Å². The Hall–Kier alpha value is -3.08. The highest BCUT2D eigenvalue weighted by Gasteiger charge is 2.32. The molecule has 48 heavy (non-hydrogen) atoms. The van der Waals surface area contributed by atoms with Crippen LogP contribution in [0.4, 0.5) is 0 Å². The first-order valence-electron chi connectivity index (χ1n) is 17.0. The number of benzene rings is 3. The normalized spacial score (nSPS) is 20.3. The highest BCUT2D eigenvalue weighted by Crippen LogP contribution is 2.32. The molecule has 0 spiro atoms. The molecule has 6 atom stereocenters. The van der Waals surface area contributed by atoms with Gasteiger partial charge in [0.05, 0.1) is 51.3 Å². The van der Waals surface area contributed by atoms with Gasteiger partial charge in [0.25, 0.3) is 0 Å². The minimum Gasteiger partial charge on any atom is -0.497 e. The molecule has 1 fully saturated rings. The van der Waals surface area contributed by atoms with Gasteiger partial charge in [-0.2, -0.15) is 0 Å². The van der Waals surface area contributed by atoms with E-state index in [9.17, 15) is 5.11 Å². The predicted molar refractivity (Wildman–Crippen MR) is 186 cm³/mol. The molecular formula is C40H54O8. The average Bonchev–Trinajstić information content (AvgIpc) is 3.13. The van der Waals surface area contributed by atoms with Crippen molar-refractivity contribution < 1.29 is 38.3 Å². The molecule has 0 saturated heterocycles. The molecule has 0 aromatic heterocycles. The minimum absolute atomic E-state index is 0.0221. The van der Waals surface area contributed by atoms with Gasteiger partial charge in [0.1, 0.15) is 19.3 Å². The van der Waals surface area contributed by atoms with Gasteiger partial charge in [-0.3, -0.25) is 0 Å². The van der Waals surface area contributed by atoms with Crippen molar-refractivity contribution in [2.24, 2.45) is 11.8 Å². The van der Waals surface area contributed by atoms with Crippen LogP contribution in [0.3, 0.4) is 0 Å². The molecule has 0 amide bonds. The highest BCUT2D eigenvalue weighted by atomic mass is 16.7. The van der Waals surface area contributed by atoms with E-state index in [2.05, 4.69) is 6.08 Å². The monoisotopic (exact) mass is 662 g/mol. The zero-order chi connectivity index (χ0) is 34.0. The number of hydrogen-bond donors (Lipinski definition) is 1. The average molecular weight is 663 g/mol. The van der Waals surface area contributed by atoms with Crippen molar-refractivity contribution in [3.05, 3.63) is 113 Å². The van der Waals surface area contributed by atoms with Crippen LogP contribution in [0.1, 0.15) is 56.2 Å². The van der Waals surface area contributed by atoms with Crippen molar-refractivity contribution in [3.63, 3.8) is 0 Å². The Morgan fingerprint density at radius 1 is 0.771 bits per heavy atom. The molecule has 8 nitrogen and oxygen atoms in total. The summed E-state index contributed by atoms with van der Waals surface area (Å²) in [4.78, 5) is 0. The lowest BCUT2D eigenvalue weighted by atomic mass is 9.82. The molecule has 262 valence electrons. The third kappa shape index (κ3) is 12.7. The van der Waals surface area contributed by atoms with Crippen LogP contribution in [-0.4, -0.2) is 63.9 Å². The molecule has 1 saturated carbocycles. The fourth-order valence-corrected chi connectivity index (χ4v) is 6.16. The third-order valence-corrected chi connectivity index (χ3v) is 9.05. The number of aliphatic hydroxyl groups excluding tert-OH is 1. The minimum atomic E-state index is -0.674. The number of allylic oxidation sites excluding steroid dienone is 1. The number of ether oxygens (including phenoxy) is 7. The van der Waals surface area contributed by atoms with Crippen molar-refractivity contribution >= 4 is 0 Å². The summed E-state index contributed by atoms with van der Waals surface area (Å²) in [6.45, 7) is 6.36. The first kappa shape index (κ1) is 37.7. The molecule has 3 aromatic carbocycles. The van der Waals surface area contributed by atoms with Crippen LogP contribution in [0, 0.1) is 11.8 Å². The van der Waals surface area contributed by atoms with E-state index in [1.54, 1.807) is 14.2 Å². The van der Waals surface area contributed by atoms with Crippen LogP contribution in [0.15, 0.2) is 96.6 Å². The van der Waals surface area contributed by atoms with Gasteiger partial charge < -0.3 is 38.3 Å². The second-order valence-corrected chi connectivity index (χ2v) is 12.6. The Morgan fingerprint density at radius 3 is 2.00 bits per heavy atom. The van der Waals surface area contributed by atoms with Gasteiger partial charge >= 0.3 is 0 Å². The summed E-state index contributed by atoms with van der Waals surface area (Å²) >= 11 is 0. The highest BCUT2D eigenvalue weighted by molar-refractivity contribution is 5.26. The molecule has 1 N–H and O–H groups in total. The lowest BCUT2D eigenvalue weighted by molar-refractivity contribution is -0.149.